The van der Waals surface area contributed by atoms with Gasteiger partial charge in [-0.1, -0.05) is 0 Å². The minimum Gasteiger partial charge on any atom is -0.496 e. The highest BCUT2D eigenvalue weighted by Gasteiger charge is 2.44. The Hall–Kier alpha value is -2.67. The molecule has 30 heavy (non-hydrogen) atoms. The molecule has 1 aliphatic heterocycles. The molecule has 1 aliphatic carbocycles. The highest BCUT2D eigenvalue weighted by atomic mass is 19.1. The van der Waals surface area contributed by atoms with Gasteiger partial charge >= 0.3 is 0 Å². The van der Waals surface area contributed by atoms with Crippen LogP contribution in [0.2, 0.25) is 0 Å². The Bertz CT molecular complexity index is 865. The molecule has 0 bridgehead atoms. The molecule has 1 aromatic carbocycles. The van der Waals surface area contributed by atoms with Crippen molar-refractivity contribution in [1.82, 2.24) is 10.3 Å². The summed E-state index contributed by atoms with van der Waals surface area (Å²) < 4.78 is 23.2. The maximum Gasteiger partial charge on any atom is 0.270 e. The topological polar surface area (TPSA) is 63.7 Å². The van der Waals surface area contributed by atoms with Crippen LogP contribution in [0.1, 0.15) is 41.7 Å². The van der Waals surface area contributed by atoms with Crippen LogP contribution in [0.3, 0.4) is 0 Å². The van der Waals surface area contributed by atoms with E-state index in [4.69, 9.17) is 4.74 Å². The number of amides is 1. The van der Waals surface area contributed by atoms with Crippen LogP contribution in [0.15, 0.2) is 36.5 Å². The number of pyridine rings is 1. The van der Waals surface area contributed by atoms with Gasteiger partial charge in [0.15, 0.2) is 0 Å². The number of hydrogen-bond acceptors (Lipinski definition) is 5. The molecule has 4 rings (SSSR count). The number of anilines is 1. The van der Waals surface area contributed by atoms with Crippen molar-refractivity contribution in [2.24, 2.45) is 0 Å². The molecule has 2 fully saturated rings. The number of nitrogens with one attached hydrogen (secondary N) is 1. The van der Waals surface area contributed by atoms with Crippen LogP contribution < -0.4 is 15.0 Å². The molecule has 1 aromatic heterocycles. The van der Waals surface area contributed by atoms with Gasteiger partial charge in [-0.05, 0) is 68.0 Å². The number of hydrogen-bond donors (Lipinski definition) is 1. The smallest absolute Gasteiger partial charge is 0.270 e. The van der Waals surface area contributed by atoms with E-state index < -0.39 is 0 Å². The second kappa shape index (κ2) is 9.89. The zero-order chi connectivity index (χ0) is 21.6. The number of aromatic nitrogens is 1. The summed E-state index contributed by atoms with van der Waals surface area (Å²) in [5.74, 6) is 0.169. The van der Waals surface area contributed by atoms with E-state index in [1.165, 1.54) is 25.0 Å². The van der Waals surface area contributed by atoms with Crippen molar-refractivity contribution in [2.75, 3.05) is 39.3 Å². The number of ether oxygens (including phenoxy) is 2. The highest BCUT2D eigenvalue weighted by Crippen LogP contribution is 2.40. The van der Waals surface area contributed by atoms with Gasteiger partial charge in [0.2, 0.25) is 0 Å². The number of benzene rings is 1. The fourth-order valence-corrected chi connectivity index (χ4v) is 3.77. The maximum absolute atomic E-state index is 13.6. The van der Waals surface area contributed by atoms with Gasteiger partial charge in [0.1, 0.15) is 17.3 Å². The lowest BCUT2D eigenvalue weighted by atomic mass is 10.0. The van der Waals surface area contributed by atoms with Gasteiger partial charge in [-0.25, -0.2) is 4.39 Å². The maximum atomic E-state index is 13.6. The Kier molecular flexibility index (Phi) is 7.26. The molecule has 0 spiro atoms. The summed E-state index contributed by atoms with van der Waals surface area (Å²) in [6.07, 6.45) is 6.34. The minimum absolute atomic E-state index is 0.177. The van der Waals surface area contributed by atoms with Crippen molar-refractivity contribution in [1.29, 1.82) is 0 Å². The molecule has 7 heteroatoms. The van der Waals surface area contributed by atoms with Gasteiger partial charge < -0.3 is 19.7 Å². The number of methoxy groups -OCH3 is 2. The first-order valence-electron chi connectivity index (χ1n) is 10.3. The van der Waals surface area contributed by atoms with E-state index in [1.807, 2.05) is 12.1 Å². The normalized spacial score (nSPS) is 16.5. The highest BCUT2D eigenvalue weighted by molar-refractivity contribution is 5.94. The summed E-state index contributed by atoms with van der Waals surface area (Å²) >= 11 is 0. The van der Waals surface area contributed by atoms with Crippen LogP contribution in [0, 0.1) is 5.82 Å². The first kappa shape index (κ1) is 22.0. The third kappa shape index (κ3) is 5.48. The molecule has 6 nitrogen and oxygen atoms in total. The van der Waals surface area contributed by atoms with Crippen LogP contribution in [0.25, 0.3) is 0 Å². The molecule has 1 saturated carbocycles. The summed E-state index contributed by atoms with van der Waals surface area (Å²) in [6.45, 7) is 2.04. The molecule has 2 heterocycles. The lowest BCUT2D eigenvalue weighted by molar-refractivity contribution is 0.0926. The number of nitrogens with zero attached hydrogens (tertiary/aromatic N) is 2. The Morgan fingerprint density at radius 3 is 2.50 bits per heavy atom. The first-order chi connectivity index (χ1) is 14.5. The minimum atomic E-state index is -0.344. The lowest BCUT2D eigenvalue weighted by Crippen LogP contribution is -2.39. The first-order valence-corrected chi connectivity index (χ1v) is 10.3. The van der Waals surface area contributed by atoms with Crippen molar-refractivity contribution in [3.63, 3.8) is 0 Å². The van der Waals surface area contributed by atoms with Gasteiger partial charge in [-0.3, -0.25) is 9.78 Å². The fourth-order valence-electron chi connectivity index (χ4n) is 3.77. The third-order valence-electron chi connectivity index (χ3n) is 5.45. The molecule has 2 aromatic rings. The summed E-state index contributed by atoms with van der Waals surface area (Å²) in [7, 11) is 4.82. The van der Waals surface area contributed by atoms with E-state index in [-0.39, 0.29) is 17.3 Å². The van der Waals surface area contributed by atoms with E-state index in [2.05, 4.69) is 19.9 Å². The van der Waals surface area contributed by atoms with Crippen molar-refractivity contribution >= 4 is 11.6 Å². The SMILES string of the molecule is COC.COc1ccc(F)cc1CC1(NC(=O)c2cc(N3CCCC3)ccn2)CC1. The summed E-state index contributed by atoms with van der Waals surface area (Å²) in [5, 5.41) is 3.12. The van der Waals surface area contributed by atoms with Gasteiger partial charge in [0.05, 0.1) is 7.11 Å². The molecule has 1 amide bonds. The molecule has 2 aliphatic rings. The Labute approximate surface area is 177 Å². The van der Waals surface area contributed by atoms with Crippen LogP contribution in [0.4, 0.5) is 10.1 Å². The zero-order valence-electron chi connectivity index (χ0n) is 17.9. The monoisotopic (exact) mass is 415 g/mol. The lowest BCUT2D eigenvalue weighted by Gasteiger charge is -2.20. The Balaban J connectivity index is 0.000000806. The van der Waals surface area contributed by atoms with Crippen LogP contribution in [0.5, 0.6) is 5.75 Å². The largest absolute Gasteiger partial charge is 0.496 e. The van der Waals surface area contributed by atoms with Crippen LogP contribution in [-0.2, 0) is 11.2 Å². The van der Waals surface area contributed by atoms with Gasteiger partial charge in [-0.15, -0.1) is 0 Å². The second-order valence-corrected chi connectivity index (χ2v) is 7.87. The van der Waals surface area contributed by atoms with E-state index in [0.29, 0.717) is 17.9 Å². The van der Waals surface area contributed by atoms with Gasteiger partial charge in [0, 0.05) is 44.7 Å². The van der Waals surface area contributed by atoms with E-state index in [0.717, 1.165) is 37.2 Å². The van der Waals surface area contributed by atoms with E-state index >= 15 is 0 Å². The molecule has 0 atom stereocenters. The summed E-state index contributed by atoms with van der Waals surface area (Å²) in [5.41, 5.74) is 1.90. The molecular weight excluding hydrogens is 385 g/mol. The predicted molar refractivity (Wildman–Crippen MR) is 115 cm³/mol. The number of halogens is 1. The van der Waals surface area contributed by atoms with Crippen LogP contribution in [-0.4, -0.2) is 50.8 Å². The summed E-state index contributed by atoms with van der Waals surface area (Å²) in [6, 6.07) is 8.31. The summed E-state index contributed by atoms with van der Waals surface area (Å²) in [4.78, 5) is 19.3. The average Bonchev–Trinajstić information content (AvgIpc) is 3.26. The average molecular weight is 416 g/mol. The van der Waals surface area contributed by atoms with Crippen molar-refractivity contribution in [3.8, 4) is 5.75 Å². The predicted octanol–water partition coefficient (Wildman–Crippen LogP) is 3.60. The van der Waals surface area contributed by atoms with Crippen molar-refractivity contribution < 1.29 is 18.7 Å². The van der Waals surface area contributed by atoms with Gasteiger partial charge in [-0.2, -0.15) is 0 Å². The fraction of sp³-hybridized carbons (Fsp3) is 0.478. The van der Waals surface area contributed by atoms with Gasteiger partial charge in [0.25, 0.3) is 5.91 Å². The quantitative estimate of drug-likeness (QED) is 0.781. The molecule has 1 N–H and O–H groups in total. The Morgan fingerprint density at radius 2 is 1.87 bits per heavy atom. The van der Waals surface area contributed by atoms with Crippen molar-refractivity contribution in [2.45, 2.75) is 37.6 Å². The molecule has 0 unspecified atom stereocenters. The van der Waals surface area contributed by atoms with Crippen LogP contribution >= 0.6 is 0 Å². The number of carbonyl (C=O) groups excluding carboxylic acids is 1. The van der Waals surface area contributed by atoms with Crippen molar-refractivity contribution in [3.05, 3.63) is 53.6 Å². The zero-order valence-corrected chi connectivity index (χ0v) is 17.9. The molecule has 162 valence electrons. The second-order valence-electron chi connectivity index (χ2n) is 7.87. The van der Waals surface area contributed by atoms with E-state index in [1.54, 1.807) is 33.6 Å². The Morgan fingerprint density at radius 1 is 1.17 bits per heavy atom. The molecule has 0 radical (unpaired) electrons. The third-order valence-corrected chi connectivity index (χ3v) is 5.45. The number of rotatable bonds is 6. The standard InChI is InChI=1S/C21H24FN3O2.C2H6O/c1-27-19-5-4-16(22)12-15(19)14-21(7-8-21)24-20(26)18-13-17(6-9-23-18)25-10-2-3-11-25;1-3-2/h4-6,9,12-13H,2-3,7-8,10-11,14H2,1H3,(H,24,26);1-2H3. The molecular formula is C23H30FN3O3. The molecule has 1 saturated heterocycles. The number of carbonyl (C=O) groups is 1. The van der Waals surface area contributed by atoms with E-state index in [9.17, 15) is 9.18 Å².